The first-order valence-corrected chi connectivity index (χ1v) is 6.15. The molecule has 5 heteroatoms. The first-order chi connectivity index (χ1) is 9.15. The number of aryl methyl sites for hydroxylation is 1. The summed E-state index contributed by atoms with van der Waals surface area (Å²) in [6.07, 6.45) is -0.0479. The summed E-state index contributed by atoms with van der Waals surface area (Å²) in [5, 5.41) is 16.5. The Balaban J connectivity index is 1.82. The van der Waals surface area contributed by atoms with E-state index in [4.69, 9.17) is 4.52 Å². The van der Waals surface area contributed by atoms with Gasteiger partial charge in [-0.05, 0) is 18.1 Å². The molecule has 0 saturated carbocycles. The molecular weight excluding hydrogens is 244 g/mol. The summed E-state index contributed by atoms with van der Waals surface area (Å²) in [4.78, 5) is 12.0. The topological polar surface area (TPSA) is 75.4 Å². The Morgan fingerprint density at radius 3 is 3.00 bits per heavy atom. The lowest BCUT2D eigenvalue weighted by Crippen LogP contribution is -2.34. The first kappa shape index (κ1) is 11.9. The molecule has 1 amide bonds. The molecule has 0 radical (unpaired) electrons. The van der Waals surface area contributed by atoms with Crippen LogP contribution in [-0.2, 0) is 6.42 Å². The zero-order valence-electron chi connectivity index (χ0n) is 10.5. The predicted octanol–water partition coefficient (Wildman–Crippen LogP) is 1.37. The Hall–Kier alpha value is -2.14. The number of benzene rings is 1. The van der Waals surface area contributed by atoms with Gasteiger partial charge in [-0.15, -0.1) is 0 Å². The van der Waals surface area contributed by atoms with E-state index in [-0.39, 0.29) is 17.6 Å². The summed E-state index contributed by atoms with van der Waals surface area (Å²) in [6, 6.07) is 8.89. The zero-order valence-corrected chi connectivity index (χ0v) is 10.5. The smallest absolute Gasteiger partial charge is 0.274 e. The molecule has 1 aliphatic rings. The fourth-order valence-electron chi connectivity index (χ4n) is 2.44. The number of aliphatic hydroxyl groups excluding tert-OH is 1. The van der Waals surface area contributed by atoms with Gasteiger partial charge < -0.3 is 14.9 Å². The standard InChI is InChI=1S/C14H14N2O3/c1-8-6-11(16-19-8)14(18)15-13-10-5-3-2-4-9(10)7-12(13)17/h2-6,12-13,17H,7H2,1H3,(H,15,18). The molecule has 0 aliphatic heterocycles. The molecule has 1 aliphatic carbocycles. The number of aromatic nitrogens is 1. The quantitative estimate of drug-likeness (QED) is 0.853. The predicted molar refractivity (Wildman–Crippen MR) is 67.6 cm³/mol. The molecule has 1 aromatic carbocycles. The molecule has 5 nitrogen and oxygen atoms in total. The summed E-state index contributed by atoms with van der Waals surface area (Å²) in [5.74, 6) is 0.245. The van der Waals surface area contributed by atoms with Crippen molar-refractivity contribution in [2.45, 2.75) is 25.5 Å². The van der Waals surface area contributed by atoms with Crippen LogP contribution >= 0.6 is 0 Å². The third-order valence-corrected chi connectivity index (χ3v) is 3.35. The largest absolute Gasteiger partial charge is 0.390 e. The van der Waals surface area contributed by atoms with Crippen LogP contribution in [0.25, 0.3) is 0 Å². The van der Waals surface area contributed by atoms with Gasteiger partial charge in [-0.25, -0.2) is 0 Å². The summed E-state index contributed by atoms with van der Waals surface area (Å²) in [6.45, 7) is 1.73. The van der Waals surface area contributed by atoms with Gasteiger partial charge in [0, 0.05) is 12.5 Å². The van der Waals surface area contributed by atoms with Gasteiger partial charge in [0.1, 0.15) is 5.76 Å². The minimum Gasteiger partial charge on any atom is -0.390 e. The number of carbonyl (C=O) groups is 1. The van der Waals surface area contributed by atoms with Crippen molar-refractivity contribution in [3.05, 3.63) is 52.9 Å². The molecule has 0 spiro atoms. The van der Waals surface area contributed by atoms with Gasteiger partial charge in [-0.3, -0.25) is 4.79 Å². The van der Waals surface area contributed by atoms with E-state index < -0.39 is 6.10 Å². The van der Waals surface area contributed by atoms with Crippen molar-refractivity contribution >= 4 is 5.91 Å². The van der Waals surface area contributed by atoms with Crippen molar-refractivity contribution in [2.75, 3.05) is 0 Å². The van der Waals surface area contributed by atoms with Crippen LogP contribution in [0.4, 0.5) is 0 Å². The van der Waals surface area contributed by atoms with Crippen LogP contribution < -0.4 is 5.32 Å². The maximum atomic E-state index is 12.0. The Morgan fingerprint density at radius 1 is 1.47 bits per heavy atom. The SMILES string of the molecule is Cc1cc(C(=O)NC2c3ccccc3CC2O)no1. The summed E-state index contributed by atoms with van der Waals surface area (Å²) in [5.41, 5.74) is 2.26. The van der Waals surface area contributed by atoms with Gasteiger partial charge in [-0.2, -0.15) is 0 Å². The third-order valence-electron chi connectivity index (χ3n) is 3.35. The number of fused-ring (bicyclic) bond motifs is 1. The van der Waals surface area contributed by atoms with Crippen LogP contribution in [0.5, 0.6) is 0 Å². The van der Waals surface area contributed by atoms with Crippen LogP contribution in [0.3, 0.4) is 0 Å². The molecular formula is C14H14N2O3. The van der Waals surface area contributed by atoms with Crippen molar-refractivity contribution in [3.63, 3.8) is 0 Å². The number of carbonyl (C=O) groups excluding carboxylic acids is 1. The number of nitrogens with zero attached hydrogens (tertiary/aromatic N) is 1. The Labute approximate surface area is 110 Å². The number of nitrogens with one attached hydrogen (secondary N) is 1. The molecule has 3 rings (SSSR count). The molecule has 1 heterocycles. The van der Waals surface area contributed by atoms with Crippen molar-refractivity contribution in [1.82, 2.24) is 10.5 Å². The van der Waals surface area contributed by atoms with Crippen LogP contribution in [0.15, 0.2) is 34.9 Å². The number of amides is 1. The van der Waals surface area contributed by atoms with E-state index in [0.717, 1.165) is 11.1 Å². The summed E-state index contributed by atoms with van der Waals surface area (Å²) >= 11 is 0. The average Bonchev–Trinajstić information content (AvgIpc) is 2.95. The van der Waals surface area contributed by atoms with Crippen molar-refractivity contribution in [1.29, 1.82) is 0 Å². The van der Waals surface area contributed by atoms with Crippen LogP contribution in [0.2, 0.25) is 0 Å². The molecule has 0 fully saturated rings. The molecule has 19 heavy (non-hydrogen) atoms. The minimum absolute atomic E-state index is 0.231. The maximum Gasteiger partial charge on any atom is 0.274 e. The van der Waals surface area contributed by atoms with Gasteiger partial charge in [0.2, 0.25) is 0 Å². The molecule has 1 aromatic heterocycles. The highest BCUT2D eigenvalue weighted by Crippen LogP contribution is 2.31. The third kappa shape index (κ3) is 2.13. The fourth-order valence-corrected chi connectivity index (χ4v) is 2.44. The Bertz CT molecular complexity index is 621. The normalized spacial score (nSPS) is 21.2. The monoisotopic (exact) mass is 258 g/mol. The van der Waals surface area contributed by atoms with Gasteiger partial charge >= 0.3 is 0 Å². The molecule has 2 atom stereocenters. The van der Waals surface area contributed by atoms with E-state index in [1.54, 1.807) is 13.0 Å². The van der Waals surface area contributed by atoms with Gasteiger partial charge in [0.25, 0.3) is 5.91 Å². The second-order valence-corrected chi connectivity index (χ2v) is 4.74. The van der Waals surface area contributed by atoms with E-state index in [1.165, 1.54) is 0 Å². The minimum atomic E-state index is -0.602. The Morgan fingerprint density at radius 2 is 2.26 bits per heavy atom. The lowest BCUT2D eigenvalue weighted by atomic mass is 10.1. The highest BCUT2D eigenvalue weighted by atomic mass is 16.5. The lowest BCUT2D eigenvalue weighted by Gasteiger charge is -2.16. The fraction of sp³-hybridized carbons (Fsp3) is 0.286. The number of aliphatic hydroxyl groups is 1. The molecule has 0 saturated heterocycles. The molecule has 2 N–H and O–H groups in total. The van der Waals surface area contributed by atoms with Crippen molar-refractivity contribution in [2.24, 2.45) is 0 Å². The van der Waals surface area contributed by atoms with E-state index in [9.17, 15) is 9.90 Å². The van der Waals surface area contributed by atoms with Crippen LogP contribution in [0.1, 0.15) is 33.4 Å². The van der Waals surface area contributed by atoms with Crippen molar-refractivity contribution in [3.8, 4) is 0 Å². The number of rotatable bonds is 2. The highest BCUT2D eigenvalue weighted by molar-refractivity contribution is 5.92. The summed E-state index contributed by atoms with van der Waals surface area (Å²) in [7, 11) is 0. The number of hydrogen-bond acceptors (Lipinski definition) is 4. The van der Waals surface area contributed by atoms with E-state index in [2.05, 4.69) is 10.5 Å². The van der Waals surface area contributed by atoms with Gasteiger partial charge in [-0.1, -0.05) is 29.4 Å². The van der Waals surface area contributed by atoms with Gasteiger partial charge in [0.15, 0.2) is 5.69 Å². The van der Waals surface area contributed by atoms with Crippen molar-refractivity contribution < 1.29 is 14.4 Å². The Kier molecular flexibility index (Phi) is 2.83. The van der Waals surface area contributed by atoms with E-state index >= 15 is 0 Å². The van der Waals surface area contributed by atoms with E-state index in [1.807, 2.05) is 24.3 Å². The average molecular weight is 258 g/mol. The maximum absolute atomic E-state index is 12.0. The highest BCUT2D eigenvalue weighted by Gasteiger charge is 2.32. The second kappa shape index (κ2) is 4.51. The lowest BCUT2D eigenvalue weighted by molar-refractivity contribution is 0.0849. The first-order valence-electron chi connectivity index (χ1n) is 6.15. The number of hydrogen-bond donors (Lipinski definition) is 2. The molecule has 2 aromatic rings. The van der Waals surface area contributed by atoms with Gasteiger partial charge in [0.05, 0.1) is 12.1 Å². The second-order valence-electron chi connectivity index (χ2n) is 4.74. The molecule has 0 bridgehead atoms. The molecule has 98 valence electrons. The molecule has 2 unspecified atom stereocenters. The van der Waals surface area contributed by atoms with E-state index in [0.29, 0.717) is 12.2 Å². The summed E-state index contributed by atoms with van der Waals surface area (Å²) < 4.78 is 4.87. The van der Waals surface area contributed by atoms with Crippen LogP contribution in [-0.4, -0.2) is 22.3 Å². The zero-order chi connectivity index (χ0) is 13.4. The van der Waals surface area contributed by atoms with Crippen LogP contribution in [0, 0.1) is 6.92 Å².